The first-order chi connectivity index (χ1) is 9.42. The zero-order valence-electron chi connectivity index (χ0n) is 11.7. The van der Waals surface area contributed by atoms with E-state index in [1.807, 2.05) is 0 Å². The van der Waals surface area contributed by atoms with Crippen molar-refractivity contribution in [1.29, 1.82) is 0 Å². The number of carboxylic acids is 1. The van der Waals surface area contributed by atoms with Crippen LogP contribution in [0.15, 0.2) is 10.6 Å². The number of carbonyl (C=O) groups is 2. The molecule has 112 valence electrons. The molecule has 1 heterocycles. The van der Waals surface area contributed by atoms with E-state index in [0.29, 0.717) is 11.7 Å². The van der Waals surface area contributed by atoms with E-state index in [2.05, 4.69) is 15.6 Å². The summed E-state index contributed by atoms with van der Waals surface area (Å²) < 4.78 is 10.2. The minimum atomic E-state index is -0.984. The fourth-order valence-corrected chi connectivity index (χ4v) is 1.52. The van der Waals surface area contributed by atoms with E-state index < -0.39 is 18.1 Å². The third-order valence-electron chi connectivity index (χ3n) is 2.58. The Hall–Kier alpha value is -2.09. The van der Waals surface area contributed by atoms with Crippen molar-refractivity contribution in [2.45, 2.75) is 32.4 Å². The number of aromatic nitrogens is 1. The summed E-state index contributed by atoms with van der Waals surface area (Å²) in [7, 11) is 1.39. The SMILES string of the molecule is COC(CNC(=O)NC(C)c1ncc(C)o1)CC(=O)O. The van der Waals surface area contributed by atoms with Crippen LogP contribution in [0.1, 0.15) is 31.0 Å². The van der Waals surface area contributed by atoms with E-state index in [9.17, 15) is 9.59 Å². The molecule has 0 aliphatic carbocycles. The summed E-state index contributed by atoms with van der Waals surface area (Å²) in [5, 5.41) is 13.8. The molecule has 8 nitrogen and oxygen atoms in total. The van der Waals surface area contributed by atoms with Crippen LogP contribution in [-0.4, -0.2) is 41.8 Å². The number of hydrogen-bond donors (Lipinski definition) is 3. The van der Waals surface area contributed by atoms with Crippen LogP contribution in [0.4, 0.5) is 4.79 Å². The number of oxazole rings is 1. The topological polar surface area (TPSA) is 114 Å². The Morgan fingerprint density at radius 2 is 2.25 bits per heavy atom. The zero-order valence-corrected chi connectivity index (χ0v) is 11.7. The van der Waals surface area contributed by atoms with Gasteiger partial charge in [-0.25, -0.2) is 9.78 Å². The number of nitrogens with zero attached hydrogens (tertiary/aromatic N) is 1. The van der Waals surface area contributed by atoms with Crippen molar-refractivity contribution in [3.63, 3.8) is 0 Å². The van der Waals surface area contributed by atoms with E-state index in [1.165, 1.54) is 7.11 Å². The standard InChI is InChI=1S/C12H19N3O5/c1-7-5-13-11(20-7)8(2)15-12(18)14-6-9(19-3)4-10(16)17/h5,8-9H,4,6H2,1-3H3,(H,16,17)(H2,14,15,18). The van der Waals surface area contributed by atoms with Crippen LogP contribution < -0.4 is 10.6 Å². The molecule has 2 unspecified atom stereocenters. The molecule has 1 aromatic rings. The molecule has 0 radical (unpaired) electrons. The molecule has 1 aromatic heterocycles. The molecule has 0 fully saturated rings. The van der Waals surface area contributed by atoms with Crippen molar-refractivity contribution in [2.24, 2.45) is 0 Å². The number of methoxy groups -OCH3 is 1. The van der Waals surface area contributed by atoms with Gasteiger partial charge in [-0.3, -0.25) is 4.79 Å². The van der Waals surface area contributed by atoms with Gasteiger partial charge in [-0.05, 0) is 13.8 Å². The van der Waals surface area contributed by atoms with Gasteiger partial charge in [0.05, 0.1) is 18.7 Å². The molecule has 20 heavy (non-hydrogen) atoms. The van der Waals surface area contributed by atoms with Crippen LogP contribution in [0.5, 0.6) is 0 Å². The summed E-state index contributed by atoms with van der Waals surface area (Å²) in [6, 6.07) is -0.829. The van der Waals surface area contributed by atoms with Gasteiger partial charge < -0.3 is 24.9 Å². The number of carbonyl (C=O) groups excluding carboxylic acids is 1. The predicted octanol–water partition coefficient (Wildman–Crippen LogP) is 0.833. The lowest BCUT2D eigenvalue weighted by Crippen LogP contribution is -2.41. The second kappa shape index (κ2) is 7.49. The van der Waals surface area contributed by atoms with Crippen LogP contribution in [0.25, 0.3) is 0 Å². The number of ether oxygens (including phenoxy) is 1. The van der Waals surface area contributed by atoms with Crippen LogP contribution in [0.2, 0.25) is 0 Å². The molecule has 0 saturated heterocycles. The van der Waals surface area contributed by atoms with Crippen molar-refractivity contribution in [3.05, 3.63) is 17.8 Å². The number of hydrogen-bond acceptors (Lipinski definition) is 5. The first-order valence-corrected chi connectivity index (χ1v) is 6.13. The van der Waals surface area contributed by atoms with Crippen molar-refractivity contribution in [2.75, 3.05) is 13.7 Å². The first kappa shape index (κ1) is 16.0. The summed E-state index contributed by atoms with van der Waals surface area (Å²) in [4.78, 5) is 26.2. The molecular formula is C12H19N3O5. The van der Waals surface area contributed by atoms with E-state index in [4.69, 9.17) is 14.3 Å². The van der Waals surface area contributed by atoms with Crippen molar-refractivity contribution in [3.8, 4) is 0 Å². The average molecular weight is 285 g/mol. The number of nitrogens with one attached hydrogen (secondary N) is 2. The fourth-order valence-electron chi connectivity index (χ4n) is 1.52. The van der Waals surface area contributed by atoms with Gasteiger partial charge in [0.25, 0.3) is 0 Å². The molecule has 0 aliphatic heterocycles. The van der Waals surface area contributed by atoms with Gasteiger partial charge in [-0.1, -0.05) is 0 Å². The molecule has 0 spiro atoms. The molecule has 1 rings (SSSR count). The van der Waals surface area contributed by atoms with E-state index in [-0.39, 0.29) is 19.0 Å². The highest BCUT2D eigenvalue weighted by molar-refractivity contribution is 5.74. The largest absolute Gasteiger partial charge is 0.481 e. The van der Waals surface area contributed by atoms with Crippen LogP contribution in [-0.2, 0) is 9.53 Å². The van der Waals surface area contributed by atoms with Crippen molar-refractivity contribution in [1.82, 2.24) is 15.6 Å². The average Bonchev–Trinajstić information content (AvgIpc) is 2.80. The van der Waals surface area contributed by atoms with Gasteiger partial charge in [0, 0.05) is 13.7 Å². The van der Waals surface area contributed by atoms with Gasteiger partial charge in [-0.15, -0.1) is 0 Å². The Balaban J connectivity index is 2.37. The lowest BCUT2D eigenvalue weighted by Gasteiger charge is -2.16. The van der Waals surface area contributed by atoms with Gasteiger partial charge in [-0.2, -0.15) is 0 Å². The maximum atomic E-state index is 11.6. The summed E-state index contributed by atoms with van der Waals surface area (Å²) in [6.07, 6.45) is 0.822. The number of rotatable bonds is 7. The normalized spacial score (nSPS) is 13.6. The highest BCUT2D eigenvalue weighted by Gasteiger charge is 2.16. The summed E-state index contributed by atoms with van der Waals surface area (Å²) >= 11 is 0. The van der Waals surface area contributed by atoms with Gasteiger partial charge >= 0.3 is 12.0 Å². The Bertz CT molecular complexity index is 460. The zero-order chi connectivity index (χ0) is 15.1. The Morgan fingerprint density at radius 3 is 2.75 bits per heavy atom. The third-order valence-corrected chi connectivity index (χ3v) is 2.58. The second-order valence-corrected chi connectivity index (χ2v) is 4.34. The van der Waals surface area contributed by atoms with E-state index >= 15 is 0 Å². The predicted molar refractivity (Wildman–Crippen MR) is 69.2 cm³/mol. The molecule has 8 heteroatoms. The Labute approximate surface area is 116 Å². The monoisotopic (exact) mass is 285 g/mol. The maximum Gasteiger partial charge on any atom is 0.315 e. The lowest BCUT2D eigenvalue weighted by atomic mass is 10.2. The third kappa shape index (κ3) is 5.27. The number of urea groups is 1. The Morgan fingerprint density at radius 1 is 1.55 bits per heavy atom. The van der Waals surface area contributed by atoms with Crippen LogP contribution in [0, 0.1) is 6.92 Å². The number of amides is 2. The number of aliphatic carboxylic acids is 1. The minimum absolute atomic E-state index is 0.103. The molecule has 3 N–H and O–H groups in total. The highest BCUT2D eigenvalue weighted by atomic mass is 16.5. The number of aryl methyl sites for hydroxylation is 1. The van der Waals surface area contributed by atoms with Gasteiger partial charge in [0.2, 0.25) is 5.89 Å². The minimum Gasteiger partial charge on any atom is -0.481 e. The molecule has 0 bridgehead atoms. The van der Waals surface area contributed by atoms with E-state index in [0.717, 1.165) is 0 Å². The number of carboxylic acid groups (broad SMARTS) is 1. The molecular weight excluding hydrogens is 266 g/mol. The Kier molecular flexibility index (Phi) is 5.98. The second-order valence-electron chi connectivity index (χ2n) is 4.34. The fraction of sp³-hybridized carbons (Fsp3) is 0.583. The smallest absolute Gasteiger partial charge is 0.315 e. The van der Waals surface area contributed by atoms with Crippen molar-refractivity contribution < 1.29 is 23.8 Å². The lowest BCUT2D eigenvalue weighted by molar-refractivity contribution is -0.139. The highest BCUT2D eigenvalue weighted by Crippen LogP contribution is 2.11. The molecule has 0 aliphatic rings. The molecule has 0 saturated carbocycles. The van der Waals surface area contributed by atoms with Gasteiger partial charge in [0.15, 0.2) is 0 Å². The molecule has 0 aromatic carbocycles. The van der Waals surface area contributed by atoms with Gasteiger partial charge in [0.1, 0.15) is 11.8 Å². The molecule has 2 atom stereocenters. The summed E-state index contributed by atoms with van der Waals surface area (Å²) in [5.74, 6) is 0.0872. The van der Waals surface area contributed by atoms with Crippen LogP contribution in [0.3, 0.4) is 0 Å². The van der Waals surface area contributed by atoms with E-state index in [1.54, 1.807) is 20.0 Å². The first-order valence-electron chi connectivity index (χ1n) is 6.13. The summed E-state index contributed by atoms with van der Waals surface area (Å²) in [5.41, 5.74) is 0. The maximum absolute atomic E-state index is 11.6. The van der Waals surface area contributed by atoms with Crippen molar-refractivity contribution >= 4 is 12.0 Å². The van der Waals surface area contributed by atoms with Crippen LogP contribution >= 0.6 is 0 Å². The summed E-state index contributed by atoms with van der Waals surface area (Å²) in [6.45, 7) is 3.60. The molecule has 2 amide bonds. The quantitative estimate of drug-likeness (QED) is 0.684.